The van der Waals surface area contributed by atoms with Crippen molar-refractivity contribution < 1.29 is 14.3 Å². The summed E-state index contributed by atoms with van der Waals surface area (Å²) in [6.45, 7) is 5.91. The first-order chi connectivity index (χ1) is 13.1. The Morgan fingerprint density at radius 2 is 1.85 bits per heavy atom. The largest absolute Gasteiger partial charge is 0.462 e. The molecule has 2 aromatic rings. The van der Waals surface area contributed by atoms with Gasteiger partial charge in [-0.2, -0.15) is 0 Å². The molecule has 0 aliphatic carbocycles. The standard InChI is InChI=1S/C20H24N4O3/c1-3-27-20(26)16-6-4-5-7-17(16)22-19(25)18-9-8-15(14-21-18)24-12-10-23(2)11-13-24/h4-9,14H,3,10-13H2,1-2H3,(H,22,25). The zero-order valence-electron chi connectivity index (χ0n) is 15.6. The third-order valence-corrected chi connectivity index (χ3v) is 4.52. The van der Waals surface area contributed by atoms with Crippen LogP contribution in [-0.4, -0.2) is 61.6 Å². The lowest BCUT2D eigenvalue weighted by Gasteiger charge is -2.33. The molecule has 0 bridgehead atoms. The summed E-state index contributed by atoms with van der Waals surface area (Å²) in [5.41, 5.74) is 2.03. The van der Waals surface area contributed by atoms with E-state index in [-0.39, 0.29) is 12.5 Å². The Labute approximate surface area is 158 Å². The van der Waals surface area contributed by atoms with E-state index in [0.29, 0.717) is 16.9 Å². The van der Waals surface area contributed by atoms with E-state index in [1.807, 2.05) is 6.07 Å². The fourth-order valence-electron chi connectivity index (χ4n) is 2.94. The molecule has 1 aromatic carbocycles. The van der Waals surface area contributed by atoms with Gasteiger partial charge in [-0.25, -0.2) is 9.78 Å². The Bertz CT molecular complexity index is 799. The summed E-state index contributed by atoms with van der Waals surface area (Å²) in [5, 5.41) is 2.75. The first-order valence-electron chi connectivity index (χ1n) is 9.05. The fraction of sp³-hybridized carbons (Fsp3) is 0.350. The number of amides is 1. The van der Waals surface area contributed by atoms with Gasteiger partial charge in [0.05, 0.1) is 29.7 Å². The van der Waals surface area contributed by atoms with Crippen LogP contribution >= 0.6 is 0 Å². The molecule has 1 aliphatic rings. The molecule has 1 aliphatic heterocycles. The van der Waals surface area contributed by atoms with Crippen molar-refractivity contribution in [1.82, 2.24) is 9.88 Å². The molecule has 1 aromatic heterocycles. The molecule has 3 rings (SSSR count). The molecule has 1 N–H and O–H groups in total. The number of anilines is 2. The van der Waals surface area contributed by atoms with Crippen LogP contribution in [0.15, 0.2) is 42.6 Å². The number of benzene rings is 1. The van der Waals surface area contributed by atoms with Crippen LogP contribution in [0.1, 0.15) is 27.8 Å². The summed E-state index contributed by atoms with van der Waals surface area (Å²) in [6.07, 6.45) is 1.72. The van der Waals surface area contributed by atoms with Crippen molar-refractivity contribution in [2.24, 2.45) is 0 Å². The molecule has 142 valence electrons. The molecule has 0 radical (unpaired) electrons. The summed E-state index contributed by atoms with van der Waals surface area (Å²) < 4.78 is 5.03. The van der Waals surface area contributed by atoms with Crippen LogP contribution < -0.4 is 10.2 Å². The zero-order chi connectivity index (χ0) is 19.2. The van der Waals surface area contributed by atoms with Gasteiger partial charge in [0.15, 0.2) is 0 Å². The van der Waals surface area contributed by atoms with Gasteiger partial charge in [-0.05, 0) is 38.2 Å². The average molecular weight is 368 g/mol. The number of likely N-dealkylation sites (N-methyl/N-ethyl adjacent to an activating group) is 1. The van der Waals surface area contributed by atoms with Crippen molar-refractivity contribution in [3.05, 3.63) is 53.9 Å². The number of esters is 1. The number of ether oxygens (including phenoxy) is 1. The van der Waals surface area contributed by atoms with Gasteiger partial charge in [-0.1, -0.05) is 12.1 Å². The van der Waals surface area contributed by atoms with Crippen molar-refractivity contribution in [1.29, 1.82) is 0 Å². The molecule has 27 heavy (non-hydrogen) atoms. The number of nitrogens with one attached hydrogen (secondary N) is 1. The molecule has 1 fully saturated rings. The molecule has 0 unspecified atom stereocenters. The second-order valence-corrected chi connectivity index (χ2v) is 6.41. The summed E-state index contributed by atoms with van der Waals surface area (Å²) >= 11 is 0. The van der Waals surface area contributed by atoms with Crippen molar-refractivity contribution in [2.75, 3.05) is 50.1 Å². The SMILES string of the molecule is CCOC(=O)c1ccccc1NC(=O)c1ccc(N2CCN(C)CC2)cn1. The lowest BCUT2D eigenvalue weighted by molar-refractivity contribution is 0.0527. The molecule has 0 atom stereocenters. The van der Waals surface area contributed by atoms with Gasteiger partial charge < -0.3 is 19.9 Å². The number of hydrogen-bond acceptors (Lipinski definition) is 6. The first-order valence-corrected chi connectivity index (χ1v) is 9.05. The zero-order valence-corrected chi connectivity index (χ0v) is 15.6. The second-order valence-electron chi connectivity index (χ2n) is 6.41. The van der Waals surface area contributed by atoms with Crippen LogP contribution in [0.5, 0.6) is 0 Å². The highest BCUT2D eigenvalue weighted by atomic mass is 16.5. The predicted molar refractivity (Wildman–Crippen MR) is 104 cm³/mol. The van der Waals surface area contributed by atoms with E-state index in [0.717, 1.165) is 31.9 Å². The van der Waals surface area contributed by atoms with E-state index in [1.165, 1.54) is 0 Å². The maximum absolute atomic E-state index is 12.5. The van der Waals surface area contributed by atoms with E-state index in [2.05, 4.69) is 27.1 Å². The van der Waals surface area contributed by atoms with Gasteiger partial charge in [0.2, 0.25) is 0 Å². The van der Waals surface area contributed by atoms with E-state index >= 15 is 0 Å². The van der Waals surface area contributed by atoms with Crippen LogP contribution in [0.25, 0.3) is 0 Å². The molecule has 1 saturated heterocycles. The quantitative estimate of drug-likeness (QED) is 0.816. The lowest BCUT2D eigenvalue weighted by Crippen LogP contribution is -2.44. The number of carbonyl (C=O) groups excluding carboxylic acids is 2. The number of aromatic nitrogens is 1. The normalized spacial score (nSPS) is 14.7. The highest BCUT2D eigenvalue weighted by molar-refractivity contribution is 6.07. The maximum atomic E-state index is 12.5. The minimum atomic E-state index is -0.466. The predicted octanol–water partition coefficient (Wildman–Crippen LogP) is 2.26. The monoisotopic (exact) mass is 368 g/mol. The number of rotatable bonds is 5. The van der Waals surface area contributed by atoms with Crippen molar-refractivity contribution in [2.45, 2.75) is 6.92 Å². The molecule has 7 nitrogen and oxygen atoms in total. The van der Waals surface area contributed by atoms with Crippen LogP contribution in [0, 0.1) is 0 Å². The Balaban J connectivity index is 1.69. The Morgan fingerprint density at radius 3 is 2.52 bits per heavy atom. The van der Waals surface area contributed by atoms with E-state index < -0.39 is 5.97 Å². The number of hydrogen-bond donors (Lipinski definition) is 1. The fourth-order valence-corrected chi connectivity index (χ4v) is 2.94. The Morgan fingerprint density at radius 1 is 1.11 bits per heavy atom. The molecule has 1 amide bonds. The summed E-state index contributed by atoms with van der Waals surface area (Å²) in [6, 6.07) is 10.4. The van der Waals surface area contributed by atoms with E-state index in [4.69, 9.17) is 4.74 Å². The van der Waals surface area contributed by atoms with Crippen molar-refractivity contribution >= 4 is 23.3 Å². The average Bonchev–Trinajstić information content (AvgIpc) is 2.69. The Hall–Kier alpha value is -2.93. The van der Waals surface area contributed by atoms with E-state index in [1.54, 1.807) is 43.5 Å². The molecular weight excluding hydrogens is 344 g/mol. The Kier molecular flexibility index (Phi) is 6.03. The highest BCUT2D eigenvalue weighted by Crippen LogP contribution is 2.19. The van der Waals surface area contributed by atoms with Gasteiger partial charge in [0, 0.05) is 26.2 Å². The van der Waals surface area contributed by atoms with Gasteiger partial charge in [-0.15, -0.1) is 0 Å². The first kappa shape index (κ1) is 18.8. The maximum Gasteiger partial charge on any atom is 0.340 e. The summed E-state index contributed by atoms with van der Waals surface area (Å²) in [4.78, 5) is 33.4. The summed E-state index contributed by atoms with van der Waals surface area (Å²) in [7, 11) is 2.11. The molecular formula is C20H24N4O3. The van der Waals surface area contributed by atoms with Crippen LogP contribution in [0.2, 0.25) is 0 Å². The lowest BCUT2D eigenvalue weighted by atomic mass is 10.1. The van der Waals surface area contributed by atoms with Gasteiger partial charge in [0.1, 0.15) is 5.69 Å². The second kappa shape index (κ2) is 8.64. The van der Waals surface area contributed by atoms with Crippen molar-refractivity contribution in [3.63, 3.8) is 0 Å². The van der Waals surface area contributed by atoms with Gasteiger partial charge in [0.25, 0.3) is 5.91 Å². The van der Waals surface area contributed by atoms with E-state index in [9.17, 15) is 9.59 Å². The number of carbonyl (C=O) groups is 2. The highest BCUT2D eigenvalue weighted by Gasteiger charge is 2.17. The third kappa shape index (κ3) is 4.62. The summed E-state index contributed by atoms with van der Waals surface area (Å²) in [5.74, 6) is -0.830. The smallest absolute Gasteiger partial charge is 0.340 e. The number of para-hydroxylation sites is 1. The molecule has 2 heterocycles. The topological polar surface area (TPSA) is 74.8 Å². The number of piperazine rings is 1. The minimum absolute atomic E-state index is 0.274. The van der Waals surface area contributed by atoms with Crippen LogP contribution in [0.3, 0.4) is 0 Å². The van der Waals surface area contributed by atoms with Crippen LogP contribution in [0.4, 0.5) is 11.4 Å². The minimum Gasteiger partial charge on any atom is -0.462 e. The molecule has 0 spiro atoms. The van der Waals surface area contributed by atoms with Crippen molar-refractivity contribution in [3.8, 4) is 0 Å². The van der Waals surface area contributed by atoms with Gasteiger partial charge >= 0.3 is 5.97 Å². The molecule has 7 heteroatoms. The van der Waals surface area contributed by atoms with Gasteiger partial charge in [-0.3, -0.25) is 4.79 Å². The molecule has 0 saturated carbocycles. The number of pyridine rings is 1. The van der Waals surface area contributed by atoms with Crippen LogP contribution in [-0.2, 0) is 4.74 Å². The third-order valence-electron chi connectivity index (χ3n) is 4.52. The number of nitrogens with zero attached hydrogens (tertiary/aromatic N) is 3.